The van der Waals surface area contributed by atoms with E-state index in [0.29, 0.717) is 5.75 Å². The Morgan fingerprint density at radius 3 is 2.33 bits per heavy atom. The van der Waals surface area contributed by atoms with Crippen LogP contribution in [-0.4, -0.2) is 20.9 Å². The highest BCUT2D eigenvalue weighted by molar-refractivity contribution is 5.91. The molecule has 1 aromatic heterocycles. The molecule has 18 heavy (non-hydrogen) atoms. The fourth-order valence-corrected chi connectivity index (χ4v) is 1.65. The maximum absolute atomic E-state index is 10.9. The van der Waals surface area contributed by atoms with Crippen molar-refractivity contribution in [2.24, 2.45) is 0 Å². The van der Waals surface area contributed by atoms with E-state index in [0.717, 1.165) is 11.4 Å². The van der Waals surface area contributed by atoms with Crippen molar-refractivity contribution >= 4 is 5.97 Å². The lowest BCUT2D eigenvalue weighted by molar-refractivity contribution is 0.0692. The van der Waals surface area contributed by atoms with Crippen LogP contribution in [0.3, 0.4) is 0 Å². The summed E-state index contributed by atoms with van der Waals surface area (Å²) >= 11 is 0. The maximum atomic E-state index is 10.9. The van der Waals surface area contributed by atoms with Crippen molar-refractivity contribution in [1.82, 2.24) is 4.73 Å². The van der Waals surface area contributed by atoms with Gasteiger partial charge in [-0.15, -0.1) is 0 Å². The predicted octanol–water partition coefficient (Wildman–Crippen LogP) is 2.35. The van der Waals surface area contributed by atoms with E-state index in [1.165, 1.54) is 18.2 Å². The van der Waals surface area contributed by atoms with Crippen LogP contribution in [0.15, 0.2) is 30.3 Å². The largest absolute Gasteiger partial charge is 0.507 e. The molecule has 0 amide bonds. The Kier molecular flexibility index (Phi) is 2.97. The molecule has 0 aliphatic rings. The number of hydrogen-bond donors (Lipinski definition) is 2. The molecule has 0 aliphatic carbocycles. The Bertz CT molecular complexity index is 582. The summed E-state index contributed by atoms with van der Waals surface area (Å²) in [6.07, 6.45) is 0. The van der Waals surface area contributed by atoms with E-state index in [-0.39, 0.29) is 11.3 Å². The van der Waals surface area contributed by atoms with Gasteiger partial charge in [0.1, 0.15) is 11.3 Å². The summed E-state index contributed by atoms with van der Waals surface area (Å²) in [6.45, 7) is 3.76. The number of aromatic nitrogens is 1. The standard InChI is InChI=1S/C13H13NO4/c1-8-3-4-9(2)14(8)18-10-5-6-12(15)11(7-10)13(16)17/h3-7,15H,1-2H3,(H,16,17). The third-order valence-corrected chi connectivity index (χ3v) is 2.60. The summed E-state index contributed by atoms with van der Waals surface area (Å²) in [7, 11) is 0. The number of hydrogen-bond acceptors (Lipinski definition) is 3. The van der Waals surface area contributed by atoms with Crippen molar-refractivity contribution < 1.29 is 19.8 Å². The van der Waals surface area contributed by atoms with Crippen LogP contribution < -0.4 is 4.84 Å². The van der Waals surface area contributed by atoms with Gasteiger partial charge in [-0.1, -0.05) is 0 Å². The molecular formula is C13H13NO4. The molecule has 0 radical (unpaired) electrons. The van der Waals surface area contributed by atoms with Gasteiger partial charge < -0.3 is 15.1 Å². The number of carboxylic acids is 1. The maximum Gasteiger partial charge on any atom is 0.339 e. The molecule has 0 unspecified atom stereocenters. The quantitative estimate of drug-likeness (QED) is 0.873. The van der Waals surface area contributed by atoms with Gasteiger partial charge in [-0.2, -0.15) is 4.73 Å². The number of rotatable bonds is 3. The van der Waals surface area contributed by atoms with Gasteiger partial charge >= 0.3 is 5.97 Å². The van der Waals surface area contributed by atoms with Gasteiger partial charge in [-0.05, 0) is 38.1 Å². The van der Waals surface area contributed by atoms with E-state index in [9.17, 15) is 9.90 Å². The number of carboxylic acid groups (broad SMARTS) is 1. The van der Waals surface area contributed by atoms with E-state index >= 15 is 0 Å². The second-order valence-electron chi connectivity index (χ2n) is 3.99. The number of aromatic hydroxyl groups is 1. The first kappa shape index (κ1) is 12.0. The fraction of sp³-hybridized carbons (Fsp3) is 0.154. The molecular weight excluding hydrogens is 234 g/mol. The van der Waals surface area contributed by atoms with Gasteiger partial charge in [0.25, 0.3) is 0 Å². The van der Waals surface area contributed by atoms with E-state index in [4.69, 9.17) is 9.94 Å². The molecule has 0 saturated carbocycles. The molecule has 5 heteroatoms. The third kappa shape index (κ3) is 2.15. The van der Waals surface area contributed by atoms with Crippen LogP contribution in [0.5, 0.6) is 11.5 Å². The second kappa shape index (κ2) is 4.44. The molecule has 0 bridgehead atoms. The predicted molar refractivity (Wildman–Crippen MR) is 65.0 cm³/mol. The normalized spacial score (nSPS) is 10.3. The van der Waals surface area contributed by atoms with Crippen molar-refractivity contribution in [3.63, 3.8) is 0 Å². The average molecular weight is 247 g/mol. The Morgan fingerprint density at radius 2 is 1.78 bits per heavy atom. The Hall–Kier alpha value is -2.43. The monoisotopic (exact) mass is 247 g/mol. The minimum absolute atomic E-state index is 0.185. The lowest BCUT2D eigenvalue weighted by atomic mass is 10.2. The average Bonchev–Trinajstić information content (AvgIpc) is 2.63. The highest BCUT2D eigenvalue weighted by Gasteiger charge is 2.12. The van der Waals surface area contributed by atoms with Gasteiger partial charge in [-0.3, -0.25) is 0 Å². The summed E-state index contributed by atoms with van der Waals surface area (Å²) in [4.78, 5) is 16.5. The van der Waals surface area contributed by atoms with Crippen LogP contribution in [0.1, 0.15) is 21.7 Å². The molecule has 1 heterocycles. The highest BCUT2D eigenvalue weighted by Crippen LogP contribution is 2.24. The molecule has 2 aromatic rings. The molecule has 94 valence electrons. The van der Waals surface area contributed by atoms with Crippen molar-refractivity contribution in [2.75, 3.05) is 0 Å². The first-order valence-corrected chi connectivity index (χ1v) is 5.38. The van der Waals surface area contributed by atoms with Gasteiger partial charge in [0.05, 0.1) is 11.4 Å². The highest BCUT2D eigenvalue weighted by atomic mass is 16.7. The van der Waals surface area contributed by atoms with Gasteiger partial charge in [0.15, 0.2) is 5.75 Å². The van der Waals surface area contributed by atoms with Crippen LogP contribution in [-0.2, 0) is 0 Å². The van der Waals surface area contributed by atoms with E-state index in [1.54, 1.807) is 4.73 Å². The minimum atomic E-state index is -1.20. The number of nitrogens with zero attached hydrogens (tertiary/aromatic N) is 1. The number of carbonyl (C=O) groups is 1. The molecule has 0 atom stereocenters. The smallest absolute Gasteiger partial charge is 0.339 e. The van der Waals surface area contributed by atoms with Crippen LogP contribution in [0.25, 0.3) is 0 Å². The van der Waals surface area contributed by atoms with Crippen molar-refractivity contribution in [3.8, 4) is 11.5 Å². The van der Waals surface area contributed by atoms with Crippen LogP contribution in [0.4, 0.5) is 0 Å². The van der Waals surface area contributed by atoms with E-state index in [2.05, 4.69) is 0 Å². The topological polar surface area (TPSA) is 71.7 Å². The number of aromatic carboxylic acids is 1. The zero-order chi connectivity index (χ0) is 13.3. The molecule has 0 spiro atoms. The second-order valence-corrected chi connectivity index (χ2v) is 3.99. The molecule has 0 aliphatic heterocycles. The Labute approximate surface area is 104 Å². The lowest BCUT2D eigenvalue weighted by Crippen LogP contribution is -2.09. The van der Waals surface area contributed by atoms with E-state index in [1.807, 2.05) is 26.0 Å². The molecule has 0 saturated heterocycles. The lowest BCUT2D eigenvalue weighted by Gasteiger charge is -2.11. The molecule has 2 rings (SSSR count). The van der Waals surface area contributed by atoms with Crippen LogP contribution >= 0.6 is 0 Å². The SMILES string of the molecule is Cc1ccc(C)n1Oc1ccc(O)c(C(=O)O)c1. The molecule has 0 fully saturated rings. The minimum Gasteiger partial charge on any atom is -0.507 e. The summed E-state index contributed by atoms with van der Waals surface area (Å²) in [5.41, 5.74) is 1.62. The third-order valence-electron chi connectivity index (χ3n) is 2.60. The van der Waals surface area contributed by atoms with E-state index < -0.39 is 5.97 Å². The van der Waals surface area contributed by atoms with Crippen molar-refractivity contribution in [1.29, 1.82) is 0 Å². The van der Waals surface area contributed by atoms with Crippen molar-refractivity contribution in [3.05, 3.63) is 47.3 Å². The summed E-state index contributed by atoms with van der Waals surface area (Å²) in [6, 6.07) is 7.89. The summed E-state index contributed by atoms with van der Waals surface area (Å²) in [5, 5.41) is 18.3. The summed E-state index contributed by atoms with van der Waals surface area (Å²) < 4.78 is 1.60. The fourth-order valence-electron chi connectivity index (χ4n) is 1.65. The number of aryl methyl sites for hydroxylation is 2. The zero-order valence-electron chi connectivity index (χ0n) is 10.0. The first-order chi connectivity index (χ1) is 8.49. The Morgan fingerprint density at radius 1 is 1.17 bits per heavy atom. The first-order valence-electron chi connectivity index (χ1n) is 5.38. The summed E-state index contributed by atoms with van der Waals surface area (Å²) in [5.74, 6) is -1.12. The van der Waals surface area contributed by atoms with Crippen molar-refractivity contribution in [2.45, 2.75) is 13.8 Å². The van der Waals surface area contributed by atoms with Gasteiger partial charge in [-0.25, -0.2) is 4.79 Å². The number of benzene rings is 1. The molecule has 2 N–H and O–H groups in total. The van der Waals surface area contributed by atoms with Gasteiger partial charge in [0, 0.05) is 6.07 Å². The molecule has 5 nitrogen and oxygen atoms in total. The zero-order valence-corrected chi connectivity index (χ0v) is 10.0. The van der Waals surface area contributed by atoms with Gasteiger partial charge in [0.2, 0.25) is 0 Å². The Balaban J connectivity index is 2.36. The number of phenols is 1. The molecule has 1 aromatic carbocycles. The van der Waals surface area contributed by atoms with Crippen LogP contribution in [0.2, 0.25) is 0 Å². The van der Waals surface area contributed by atoms with Crippen LogP contribution in [0, 0.1) is 13.8 Å².